The van der Waals surface area contributed by atoms with Gasteiger partial charge in [0.25, 0.3) is 0 Å². The van der Waals surface area contributed by atoms with Crippen molar-refractivity contribution >= 4 is 5.69 Å². The molecule has 1 aromatic carbocycles. The van der Waals surface area contributed by atoms with Gasteiger partial charge in [-0.05, 0) is 24.6 Å². The SMILES string of the molecule is COc1cccc(CN2CC(C)NCc3ccccc32)n1. The zero-order valence-corrected chi connectivity index (χ0v) is 12.5. The van der Waals surface area contributed by atoms with Gasteiger partial charge in [0.2, 0.25) is 5.88 Å². The summed E-state index contributed by atoms with van der Waals surface area (Å²) in [5, 5.41) is 3.55. The zero-order valence-electron chi connectivity index (χ0n) is 12.5. The monoisotopic (exact) mass is 283 g/mol. The van der Waals surface area contributed by atoms with E-state index in [1.54, 1.807) is 7.11 Å². The Kier molecular flexibility index (Phi) is 4.06. The molecule has 0 amide bonds. The zero-order chi connectivity index (χ0) is 14.7. The van der Waals surface area contributed by atoms with Gasteiger partial charge in [-0.1, -0.05) is 24.3 Å². The number of nitrogens with zero attached hydrogens (tertiary/aromatic N) is 2. The molecule has 0 radical (unpaired) electrons. The van der Waals surface area contributed by atoms with E-state index in [0.29, 0.717) is 11.9 Å². The molecule has 1 aliphatic rings. The maximum absolute atomic E-state index is 5.22. The third-order valence-electron chi connectivity index (χ3n) is 3.81. The molecule has 2 heterocycles. The number of methoxy groups -OCH3 is 1. The van der Waals surface area contributed by atoms with Gasteiger partial charge in [-0.15, -0.1) is 0 Å². The van der Waals surface area contributed by atoms with Crippen LogP contribution in [0.2, 0.25) is 0 Å². The maximum Gasteiger partial charge on any atom is 0.213 e. The van der Waals surface area contributed by atoms with Crippen LogP contribution in [-0.2, 0) is 13.1 Å². The molecule has 110 valence electrons. The number of nitrogens with one attached hydrogen (secondary N) is 1. The number of anilines is 1. The topological polar surface area (TPSA) is 37.4 Å². The van der Waals surface area contributed by atoms with E-state index in [4.69, 9.17) is 4.74 Å². The largest absolute Gasteiger partial charge is 0.481 e. The fourth-order valence-electron chi connectivity index (χ4n) is 2.75. The summed E-state index contributed by atoms with van der Waals surface area (Å²) in [5.41, 5.74) is 3.65. The van der Waals surface area contributed by atoms with Crippen LogP contribution in [0.25, 0.3) is 0 Å². The highest BCUT2D eigenvalue weighted by Gasteiger charge is 2.19. The molecule has 0 saturated heterocycles. The summed E-state index contributed by atoms with van der Waals surface area (Å²) in [6.07, 6.45) is 0. The highest BCUT2D eigenvalue weighted by Crippen LogP contribution is 2.25. The van der Waals surface area contributed by atoms with Crippen molar-refractivity contribution in [1.82, 2.24) is 10.3 Å². The minimum Gasteiger partial charge on any atom is -0.481 e. The Bertz CT molecular complexity index is 614. The smallest absolute Gasteiger partial charge is 0.213 e. The lowest BCUT2D eigenvalue weighted by Gasteiger charge is -2.26. The maximum atomic E-state index is 5.22. The molecule has 0 bridgehead atoms. The van der Waals surface area contributed by atoms with Gasteiger partial charge in [0.05, 0.1) is 19.3 Å². The highest BCUT2D eigenvalue weighted by molar-refractivity contribution is 5.54. The van der Waals surface area contributed by atoms with Crippen LogP contribution in [0.15, 0.2) is 42.5 Å². The molecule has 4 heteroatoms. The second kappa shape index (κ2) is 6.14. The number of pyridine rings is 1. The number of ether oxygens (including phenoxy) is 1. The molecule has 1 N–H and O–H groups in total. The second-order valence-electron chi connectivity index (χ2n) is 5.46. The minimum atomic E-state index is 0.447. The van der Waals surface area contributed by atoms with Crippen molar-refractivity contribution in [3.63, 3.8) is 0 Å². The number of rotatable bonds is 3. The summed E-state index contributed by atoms with van der Waals surface area (Å²) in [5.74, 6) is 0.668. The molecule has 1 aliphatic heterocycles. The molecule has 0 fully saturated rings. The number of hydrogen-bond acceptors (Lipinski definition) is 4. The second-order valence-corrected chi connectivity index (χ2v) is 5.46. The summed E-state index contributed by atoms with van der Waals surface area (Å²) < 4.78 is 5.22. The van der Waals surface area contributed by atoms with Crippen molar-refractivity contribution < 1.29 is 4.74 Å². The first-order chi connectivity index (χ1) is 10.3. The summed E-state index contributed by atoms with van der Waals surface area (Å²) in [6.45, 7) is 4.90. The molecule has 2 aromatic rings. The van der Waals surface area contributed by atoms with E-state index in [2.05, 4.69) is 46.4 Å². The number of benzene rings is 1. The fourth-order valence-corrected chi connectivity index (χ4v) is 2.75. The number of fused-ring (bicyclic) bond motifs is 1. The van der Waals surface area contributed by atoms with Gasteiger partial charge >= 0.3 is 0 Å². The number of aromatic nitrogens is 1. The van der Waals surface area contributed by atoms with Crippen LogP contribution in [-0.4, -0.2) is 24.7 Å². The van der Waals surface area contributed by atoms with Crippen molar-refractivity contribution in [2.24, 2.45) is 0 Å². The molecular formula is C17H21N3O. The first kappa shape index (κ1) is 13.9. The van der Waals surface area contributed by atoms with Gasteiger partial charge in [0.1, 0.15) is 0 Å². The lowest BCUT2D eigenvalue weighted by molar-refractivity contribution is 0.396. The quantitative estimate of drug-likeness (QED) is 0.939. The minimum absolute atomic E-state index is 0.447. The van der Waals surface area contributed by atoms with E-state index >= 15 is 0 Å². The molecule has 1 atom stereocenters. The van der Waals surface area contributed by atoms with Crippen LogP contribution in [0, 0.1) is 0 Å². The van der Waals surface area contributed by atoms with Gasteiger partial charge < -0.3 is 15.0 Å². The Balaban J connectivity index is 1.89. The van der Waals surface area contributed by atoms with Crippen molar-refractivity contribution in [2.75, 3.05) is 18.6 Å². The normalized spacial score (nSPS) is 18.0. The third-order valence-corrected chi connectivity index (χ3v) is 3.81. The molecule has 21 heavy (non-hydrogen) atoms. The predicted molar refractivity (Wildman–Crippen MR) is 84.6 cm³/mol. The van der Waals surface area contributed by atoms with Crippen LogP contribution >= 0.6 is 0 Å². The molecule has 3 rings (SSSR count). The van der Waals surface area contributed by atoms with Crippen LogP contribution < -0.4 is 15.0 Å². The third kappa shape index (κ3) is 3.16. The van der Waals surface area contributed by atoms with Crippen LogP contribution in [0.1, 0.15) is 18.2 Å². The highest BCUT2D eigenvalue weighted by atomic mass is 16.5. The predicted octanol–water partition coefficient (Wildman–Crippen LogP) is 2.59. The average Bonchev–Trinajstić information content (AvgIpc) is 2.67. The summed E-state index contributed by atoms with van der Waals surface area (Å²) >= 11 is 0. The first-order valence-electron chi connectivity index (χ1n) is 7.32. The number of para-hydroxylation sites is 1. The van der Waals surface area contributed by atoms with Crippen molar-refractivity contribution in [1.29, 1.82) is 0 Å². The van der Waals surface area contributed by atoms with Gasteiger partial charge in [0.15, 0.2) is 0 Å². The van der Waals surface area contributed by atoms with Gasteiger partial charge in [-0.2, -0.15) is 0 Å². The molecule has 1 unspecified atom stereocenters. The van der Waals surface area contributed by atoms with E-state index in [-0.39, 0.29) is 0 Å². The average molecular weight is 283 g/mol. The van der Waals surface area contributed by atoms with Crippen molar-refractivity contribution in [3.05, 3.63) is 53.7 Å². The molecule has 0 saturated carbocycles. The summed E-state index contributed by atoms with van der Waals surface area (Å²) in [6, 6.07) is 14.9. The van der Waals surface area contributed by atoms with E-state index in [1.165, 1.54) is 11.3 Å². The van der Waals surface area contributed by atoms with E-state index in [9.17, 15) is 0 Å². The summed E-state index contributed by atoms with van der Waals surface area (Å²) in [7, 11) is 1.65. The van der Waals surface area contributed by atoms with E-state index < -0.39 is 0 Å². The standard InChI is InChI=1S/C17H21N3O/c1-13-11-20(12-15-7-5-9-17(19-15)21-2)16-8-4-3-6-14(16)10-18-13/h3-9,13,18H,10-12H2,1-2H3. The van der Waals surface area contributed by atoms with Crippen LogP contribution in [0.4, 0.5) is 5.69 Å². The lowest BCUT2D eigenvalue weighted by atomic mass is 10.1. The molecule has 1 aromatic heterocycles. The molecule has 4 nitrogen and oxygen atoms in total. The fraction of sp³-hybridized carbons (Fsp3) is 0.353. The Morgan fingerprint density at radius 3 is 2.95 bits per heavy atom. The van der Waals surface area contributed by atoms with Crippen molar-refractivity contribution in [3.8, 4) is 5.88 Å². The van der Waals surface area contributed by atoms with Crippen LogP contribution in [0.3, 0.4) is 0 Å². The lowest BCUT2D eigenvalue weighted by Crippen LogP contribution is -2.35. The Labute approximate surface area is 125 Å². The van der Waals surface area contributed by atoms with Gasteiger partial charge in [0, 0.05) is 30.9 Å². The summed E-state index contributed by atoms with van der Waals surface area (Å²) in [4.78, 5) is 6.92. The Morgan fingerprint density at radius 1 is 1.24 bits per heavy atom. The van der Waals surface area contributed by atoms with Crippen molar-refractivity contribution in [2.45, 2.75) is 26.1 Å². The first-order valence-corrected chi connectivity index (χ1v) is 7.32. The van der Waals surface area contributed by atoms with Crippen LogP contribution in [0.5, 0.6) is 5.88 Å². The Hall–Kier alpha value is -2.07. The van der Waals surface area contributed by atoms with E-state index in [1.807, 2.05) is 18.2 Å². The Morgan fingerprint density at radius 2 is 2.10 bits per heavy atom. The van der Waals surface area contributed by atoms with Gasteiger partial charge in [-0.3, -0.25) is 0 Å². The molecular weight excluding hydrogens is 262 g/mol. The van der Waals surface area contributed by atoms with E-state index in [0.717, 1.165) is 25.3 Å². The number of hydrogen-bond donors (Lipinski definition) is 1. The molecule has 0 aliphatic carbocycles. The van der Waals surface area contributed by atoms with Gasteiger partial charge in [-0.25, -0.2) is 4.98 Å². The molecule has 0 spiro atoms.